The van der Waals surface area contributed by atoms with E-state index in [4.69, 9.17) is 5.73 Å². The number of amides is 1. The van der Waals surface area contributed by atoms with E-state index in [1.165, 1.54) is 81.7 Å². The molecule has 0 spiro atoms. The average molecular weight is 422 g/mol. The molecular weight excluding hydrogens is 382 g/mol. The van der Waals surface area contributed by atoms with Crippen LogP contribution in [0.25, 0.3) is 0 Å². The van der Waals surface area contributed by atoms with Crippen molar-refractivity contribution in [2.24, 2.45) is 5.73 Å². The summed E-state index contributed by atoms with van der Waals surface area (Å²) >= 11 is 0. The van der Waals surface area contributed by atoms with Gasteiger partial charge in [0, 0.05) is 18.8 Å². The molecule has 7 heteroatoms. The topological polar surface area (TPSA) is 94.6 Å². The maximum atomic E-state index is 11.9. The highest BCUT2D eigenvalue weighted by Crippen LogP contribution is 2.14. The molecule has 0 saturated heterocycles. The van der Waals surface area contributed by atoms with E-state index in [9.17, 15) is 14.4 Å². The van der Waals surface area contributed by atoms with Gasteiger partial charge in [-0.25, -0.2) is 0 Å². The second kappa shape index (κ2) is 16.6. The third-order valence-electron chi connectivity index (χ3n) is 5.31. The highest BCUT2D eigenvalue weighted by Gasteiger charge is 2.09. The molecular formula is C23H39N3O4. The second-order valence-electron chi connectivity index (χ2n) is 7.76. The van der Waals surface area contributed by atoms with E-state index >= 15 is 0 Å². The zero-order valence-corrected chi connectivity index (χ0v) is 18.5. The number of nitrogens with zero attached hydrogens (tertiary/aromatic N) is 2. The predicted molar refractivity (Wildman–Crippen MR) is 121 cm³/mol. The number of esters is 1. The molecule has 0 atom stereocenters. The molecule has 1 rings (SSSR count). The first-order chi connectivity index (χ1) is 14.6. The number of pyridine rings is 1. The largest absolute Gasteiger partial charge is 0.468 e. The Labute approximate surface area is 180 Å². The fourth-order valence-electron chi connectivity index (χ4n) is 3.45. The zero-order chi connectivity index (χ0) is 22.0. The van der Waals surface area contributed by atoms with Gasteiger partial charge in [-0.2, -0.15) is 0 Å². The molecule has 0 aliphatic heterocycles. The van der Waals surface area contributed by atoms with Crippen LogP contribution in [0.2, 0.25) is 0 Å². The maximum absolute atomic E-state index is 11.9. The quantitative estimate of drug-likeness (QED) is 0.222. The van der Waals surface area contributed by atoms with Crippen LogP contribution in [0.3, 0.4) is 0 Å². The lowest BCUT2D eigenvalue weighted by atomic mass is 10.1. The summed E-state index contributed by atoms with van der Waals surface area (Å²) in [5, 5.41) is 0. The Morgan fingerprint density at radius 2 is 1.50 bits per heavy atom. The van der Waals surface area contributed by atoms with Gasteiger partial charge in [0.1, 0.15) is 6.54 Å². The van der Waals surface area contributed by atoms with Crippen LogP contribution in [0, 0.1) is 0 Å². The Morgan fingerprint density at radius 1 is 0.967 bits per heavy atom. The number of unbranched alkanes of at least 4 members (excludes halogenated alkanes) is 11. The van der Waals surface area contributed by atoms with Crippen molar-refractivity contribution < 1.29 is 14.3 Å². The summed E-state index contributed by atoms with van der Waals surface area (Å²) in [5.74, 6) is -0.501. The molecule has 1 amide bonds. The molecule has 0 saturated carbocycles. The molecule has 1 aromatic rings. The summed E-state index contributed by atoms with van der Waals surface area (Å²) in [7, 11) is 1.28. The number of nitrogens with two attached hydrogens (primary N) is 1. The van der Waals surface area contributed by atoms with Gasteiger partial charge in [0.2, 0.25) is 6.41 Å². The van der Waals surface area contributed by atoms with Gasteiger partial charge in [-0.3, -0.25) is 14.4 Å². The molecule has 2 N–H and O–H groups in total. The molecule has 0 aliphatic rings. The third kappa shape index (κ3) is 11.1. The van der Waals surface area contributed by atoms with Gasteiger partial charge in [-0.15, -0.1) is 0 Å². The lowest BCUT2D eigenvalue weighted by Crippen LogP contribution is -2.28. The number of hydrogen-bond acceptors (Lipinski definition) is 5. The third-order valence-corrected chi connectivity index (χ3v) is 5.31. The highest BCUT2D eigenvalue weighted by atomic mass is 16.5. The number of methoxy groups -OCH3 is 1. The van der Waals surface area contributed by atoms with E-state index < -0.39 is 5.97 Å². The van der Waals surface area contributed by atoms with Crippen LogP contribution in [-0.4, -0.2) is 37.1 Å². The van der Waals surface area contributed by atoms with Crippen LogP contribution < -0.4 is 16.2 Å². The van der Waals surface area contributed by atoms with Gasteiger partial charge >= 0.3 is 5.97 Å². The first-order valence-corrected chi connectivity index (χ1v) is 11.3. The maximum Gasteiger partial charge on any atom is 0.325 e. The Kier molecular flexibility index (Phi) is 14.3. The molecule has 0 unspecified atom stereocenters. The molecule has 0 aliphatic carbocycles. The van der Waals surface area contributed by atoms with Gasteiger partial charge < -0.3 is 19.9 Å². The van der Waals surface area contributed by atoms with E-state index in [1.54, 1.807) is 11.0 Å². The Bertz CT molecular complexity index is 660. The van der Waals surface area contributed by atoms with E-state index in [-0.39, 0.29) is 12.1 Å². The average Bonchev–Trinajstić information content (AvgIpc) is 2.75. The lowest BCUT2D eigenvalue weighted by molar-refractivity contribution is -0.141. The highest BCUT2D eigenvalue weighted by molar-refractivity contribution is 5.74. The Balaban J connectivity index is 2.20. The van der Waals surface area contributed by atoms with Crippen molar-refractivity contribution in [2.75, 3.05) is 25.1 Å². The minimum atomic E-state index is -0.501. The van der Waals surface area contributed by atoms with Crippen LogP contribution in [0.15, 0.2) is 23.1 Å². The number of carbonyl (C=O) groups excluding carboxylic acids is 2. The van der Waals surface area contributed by atoms with Gasteiger partial charge in [0.05, 0.1) is 12.8 Å². The molecule has 7 nitrogen and oxygen atoms in total. The number of ether oxygens (including phenoxy) is 1. The molecule has 30 heavy (non-hydrogen) atoms. The van der Waals surface area contributed by atoms with Crippen LogP contribution >= 0.6 is 0 Å². The summed E-state index contributed by atoms with van der Waals surface area (Å²) in [5.41, 5.74) is 5.81. The monoisotopic (exact) mass is 421 g/mol. The fraction of sp³-hybridized carbons (Fsp3) is 0.696. The van der Waals surface area contributed by atoms with Crippen molar-refractivity contribution >= 4 is 18.1 Å². The Morgan fingerprint density at radius 3 is 2.00 bits per heavy atom. The van der Waals surface area contributed by atoms with Gasteiger partial charge in [0.25, 0.3) is 5.56 Å². The molecule has 1 heterocycles. The van der Waals surface area contributed by atoms with E-state index in [0.717, 1.165) is 32.2 Å². The predicted octanol–water partition coefficient (Wildman–Crippen LogP) is 3.62. The first kappa shape index (κ1) is 25.9. The molecule has 1 aromatic heterocycles. The van der Waals surface area contributed by atoms with E-state index in [0.29, 0.717) is 12.2 Å². The van der Waals surface area contributed by atoms with Gasteiger partial charge in [-0.05, 0) is 25.5 Å². The summed E-state index contributed by atoms with van der Waals surface area (Å²) in [6.45, 7) is 1.25. The van der Waals surface area contributed by atoms with Crippen molar-refractivity contribution in [3.05, 3.63) is 28.7 Å². The molecule has 0 aromatic carbocycles. The number of anilines is 1. The minimum Gasteiger partial charge on any atom is -0.468 e. The summed E-state index contributed by atoms with van der Waals surface area (Å²) < 4.78 is 5.86. The summed E-state index contributed by atoms with van der Waals surface area (Å²) in [6, 6.07) is 2.98. The lowest BCUT2D eigenvalue weighted by Gasteiger charge is -2.18. The fourth-order valence-corrected chi connectivity index (χ4v) is 3.45. The standard InChI is InChI=1S/C23H39N3O4/c1-30-23(29)19-26-18-21(14-15-22(26)28)25(20-27)17-13-11-9-7-5-3-2-4-6-8-10-12-16-24/h14-15,18,20H,2-13,16-17,19,24H2,1H3. The number of aromatic nitrogens is 1. The van der Waals surface area contributed by atoms with E-state index in [1.807, 2.05) is 0 Å². The molecule has 0 fully saturated rings. The van der Waals surface area contributed by atoms with Crippen LogP contribution in [0.4, 0.5) is 5.69 Å². The van der Waals surface area contributed by atoms with Crippen LogP contribution in [0.1, 0.15) is 77.0 Å². The van der Waals surface area contributed by atoms with Gasteiger partial charge in [-0.1, -0.05) is 64.2 Å². The van der Waals surface area contributed by atoms with Crippen molar-refractivity contribution in [1.82, 2.24) is 4.57 Å². The molecule has 170 valence electrons. The van der Waals surface area contributed by atoms with Crippen LogP contribution in [0.5, 0.6) is 0 Å². The van der Waals surface area contributed by atoms with Crippen molar-refractivity contribution in [3.8, 4) is 0 Å². The van der Waals surface area contributed by atoms with Gasteiger partial charge in [0.15, 0.2) is 0 Å². The first-order valence-electron chi connectivity index (χ1n) is 11.3. The number of carbonyl (C=O) groups is 2. The summed E-state index contributed by atoms with van der Waals surface area (Å²) in [6.07, 6.45) is 17.0. The van der Waals surface area contributed by atoms with Crippen molar-refractivity contribution in [2.45, 2.75) is 83.6 Å². The van der Waals surface area contributed by atoms with Crippen molar-refractivity contribution in [3.63, 3.8) is 0 Å². The second-order valence-corrected chi connectivity index (χ2v) is 7.76. The number of rotatable bonds is 18. The SMILES string of the molecule is COC(=O)Cn1cc(N(C=O)CCCCCCCCCCCCCCN)ccc1=O. The van der Waals surface area contributed by atoms with Crippen LogP contribution in [-0.2, 0) is 20.9 Å². The van der Waals surface area contributed by atoms with E-state index in [2.05, 4.69) is 4.74 Å². The normalized spacial score (nSPS) is 10.7. The Hall–Kier alpha value is -2.15. The minimum absolute atomic E-state index is 0.163. The van der Waals surface area contributed by atoms with Crippen molar-refractivity contribution in [1.29, 1.82) is 0 Å². The number of hydrogen-bond donors (Lipinski definition) is 1. The molecule has 0 radical (unpaired) electrons. The molecule has 0 bridgehead atoms. The zero-order valence-electron chi connectivity index (χ0n) is 18.5. The summed E-state index contributed by atoms with van der Waals surface area (Å²) in [4.78, 5) is 36.3. The smallest absolute Gasteiger partial charge is 0.325 e.